The molecule has 3 rings (SSSR count). The predicted octanol–water partition coefficient (Wildman–Crippen LogP) is 3.42. The second kappa shape index (κ2) is 5.66. The van der Waals surface area contributed by atoms with E-state index in [4.69, 9.17) is 13.9 Å². The van der Waals surface area contributed by atoms with Crippen LogP contribution in [0.2, 0.25) is 0 Å². The van der Waals surface area contributed by atoms with Gasteiger partial charge >= 0.3 is 0 Å². The zero-order chi connectivity index (χ0) is 14.7. The highest BCUT2D eigenvalue weighted by Gasteiger charge is 2.11. The molecule has 0 radical (unpaired) electrons. The number of hydrogen-bond donors (Lipinski definition) is 0. The Kier molecular flexibility index (Phi) is 3.55. The molecule has 0 N–H and O–H groups in total. The lowest BCUT2D eigenvalue weighted by atomic mass is 10.2. The van der Waals surface area contributed by atoms with Crippen LogP contribution in [0.3, 0.4) is 0 Å². The van der Waals surface area contributed by atoms with Crippen LogP contribution >= 0.6 is 0 Å². The SMILES string of the molecule is COc1cccc(-c2nnc(-c3cccc(OC)c3)o2)c1. The minimum atomic E-state index is 0.451. The lowest BCUT2D eigenvalue weighted by molar-refractivity contribution is 0.414. The summed E-state index contributed by atoms with van der Waals surface area (Å²) in [6, 6.07) is 15.0. The van der Waals surface area contributed by atoms with Gasteiger partial charge in [0.05, 0.1) is 14.2 Å². The third kappa shape index (κ3) is 2.72. The van der Waals surface area contributed by atoms with E-state index in [0.717, 1.165) is 22.6 Å². The van der Waals surface area contributed by atoms with Crippen molar-refractivity contribution < 1.29 is 13.9 Å². The average molecular weight is 282 g/mol. The standard InChI is InChI=1S/C16H14N2O3/c1-19-13-7-3-5-11(9-13)15-17-18-16(21-15)12-6-4-8-14(10-12)20-2/h3-10H,1-2H3. The maximum atomic E-state index is 5.72. The summed E-state index contributed by atoms with van der Waals surface area (Å²) in [7, 11) is 3.24. The third-order valence-electron chi connectivity index (χ3n) is 3.06. The normalized spacial score (nSPS) is 10.4. The molecule has 0 aliphatic carbocycles. The highest BCUT2D eigenvalue weighted by atomic mass is 16.5. The molecule has 1 heterocycles. The molecule has 0 bridgehead atoms. The van der Waals surface area contributed by atoms with Crippen molar-refractivity contribution in [3.8, 4) is 34.4 Å². The summed E-state index contributed by atoms with van der Waals surface area (Å²) in [4.78, 5) is 0. The fourth-order valence-corrected chi connectivity index (χ4v) is 1.97. The molecular weight excluding hydrogens is 268 g/mol. The predicted molar refractivity (Wildman–Crippen MR) is 78.3 cm³/mol. The number of hydrogen-bond acceptors (Lipinski definition) is 5. The molecule has 1 aromatic heterocycles. The van der Waals surface area contributed by atoms with Crippen molar-refractivity contribution in [2.45, 2.75) is 0 Å². The maximum Gasteiger partial charge on any atom is 0.248 e. The summed E-state index contributed by atoms with van der Waals surface area (Å²) in [6.07, 6.45) is 0. The van der Waals surface area contributed by atoms with Gasteiger partial charge in [0.1, 0.15) is 11.5 Å². The topological polar surface area (TPSA) is 57.4 Å². The second-order valence-electron chi connectivity index (χ2n) is 4.38. The molecule has 2 aromatic carbocycles. The van der Waals surface area contributed by atoms with E-state index < -0.39 is 0 Å². The Bertz CT molecular complexity index is 691. The van der Waals surface area contributed by atoms with Gasteiger partial charge in [0, 0.05) is 11.1 Å². The largest absolute Gasteiger partial charge is 0.497 e. The molecule has 5 nitrogen and oxygen atoms in total. The van der Waals surface area contributed by atoms with Crippen LogP contribution in [0.5, 0.6) is 11.5 Å². The molecule has 21 heavy (non-hydrogen) atoms. The van der Waals surface area contributed by atoms with E-state index in [1.165, 1.54) is 0 Å². The van der Waals surface area contributed by atoms with Gasteiger partial charge in [0.25, 0.3) is 0 Å². The highest BCUT2D eigenvalue weighted by Crippen LogP contribution is 2.27. The van der Waals surface area contributed by atoms with E-state index >= 15 is 0 Å². The summed E-state index contributed by atoms with van der Waals surface area (Å²) in [6.45, 7) is 0. The molecule has 0 aliphatic rings. The molecule has 0 saturated heterocycles. The zero-order valence-electron chi connectivity index (χ0n) is 11.7. The zero-order valence-corrected chi connectivity index (χ0v) is 11.7. The Morgan fingerprint density at radius 3 is 1.67 bits per heavy atom. The first kappa shape index (κ1) is 13.2. The van der Waals surface area contributed by atoms with Crippen molar-refractivity contribution >= 4 is 0 Å². The Morgan fingerprint density at radius 2 is 1.24 bits per heavy atom. The molecule has 0 spiro atoms. The molecule has 0 atom stereocenters. The lowest BCUT2D eigenvalue weighted by Gasteiger charge is -2.01. The van der Waals surface area contributed by atoms with E-state index in [1.807, 2.05) is 48.5 Å². The molecule has 0 fully saturated rings. The Hall–Kier alpha value is -2.82. The number of rotatable bonds is 4. The van der Waals surface area contributed by atoms with Gasteiger partial charge in [-0.15, -0.1) is 10.2 Å². The quantitative estimate of drug-likeness (QED) is 0.733. The Labute approximate surface area is 122 Å². The van der Waals surface area contributed by atoms with E-state index in [-0.39, 0.29) is 0 Å². The molecule has 106 valence electrons. The minimum Gasteiger partial charge on any atom is -0.497 e. The summed E-state index contributed by atoms with van der Waals surface area (Å²) in [5.74, 6) is 2.39. The van der Waals surface area contributed by atoms with E-state index in [0.29, 0.717) is 11.8 Å². The van der Waals surface area contributed by atoms with Crippen molar-refractivity contribution in [3.63, 3.8) is 0 Å². The van der Waals surface area contributed by atoms with Gasteiger partial charge in [-0.2, -0.15) is 0 Å². The van der Waals surface area contributed by atoms with Gasteiger partial charge in [-0.05, 0) is 36.4 Å². The van der Waals surface area contributed by atoms with Gasteiger partial charge < -0.3 is 13.9 Å². The first-order valence-electron chi connectivity index (χ1n) is 6.42. The van der Waals surface area contributed by atoms with Crippen LogP contribution in [0.4, 0.5) is 0 Å². The molecule has 0 aliphatic heterocycles. The van der Waals surface area contributed by atoms with Crippen LogP contribution in [0.25, 0.3) is 22.9 Å². The smallest absolute Gasteiger partial charge is 0.248 e. The van der Waals surface area contributed by atoms with E-state index in [2.05, 4.69) is 10.2 Å². The Morgan fingerprint density at radius 1 is 0.762 bits per heavy atom. The molecule has 5 heteroatoms. The summed E-state index contributed by atoms with van der Waals surface area (Å²) in [5, 5.41) is 8.16. The second-order valence-corrected chi connectivity index (χ2v) is 4.38. The molecule has 3 aromatic rings. The van der Waals surface area contributed by atoms with Crippen molar-refractivity contribution in [2.75, 3.05) is 14.2 Å². The van der Waals surface area contributed by atoms with Crippen LogP contribution in [-0.4, -0.2) is 24.4 Å². The molecule has 0 unspecified atom stereocenters. The van der Waals surface area contributed by atoms with Crippen LogP contribution < -0.4 is 9.47 Å². The first-order chi connectivity index (χ1) is 10.3. The van der Waals surface area contributed by atoms with Crippen molar-refractivity contribution in [1.82, 2.24) is 10.2 Å². The highest BCUT2D eigenvalue weighted by molar-refractivity contribution is 5.60. The van der Waals surface area contributed by atoms with Gasteiger partial charge in [0.15, 0.2) is 0 Å². The lowest BCUT2D eigenvalue weighted by Crippen LogP contribution is -1.83. The van der Waals surface area contributed by atoms with Gasteiger partial charge in [-0.1, -0.05) is 12.1 Å². The number of aromatic nitrogens is 2. The number of methoxy groups -OCH3 is 2. The Balaban J connectivity index is 1.95. The van der Waals surface area contributed by atoms with E-state index in [9.17, 15) is 0 Å². The fourth-order valence-electron chi connectivity index (χ4n) is 1.97. The van der Waals surface area contributed by atoms with Crippen LogP contribution in [0.1, 0.15) is 0 Å². The maximum absolute atomic E-state index is 5.72. The third-order valence-corrected chi connectivity index (χ3v) is 3.06. The van der Waals surface area contributed by atoms with Crippen LogP contribution in [0.15, 0.2) is 52.9 Å². The number of nitrogens with zero attached hydrogens (tertiary/aromatic N) is 2. The minimum absolute atomic E-state index is 0.451. The first-order valence-corrected chi connectivity index (χ1v) is 6.42. The summed E-state index contributed by atoms with van der Waals surface area (Å²) < 4.78 is 16.1. The molecule has 0 saturated carbocycles. The van der Waals surface area contributed by atoms with E-state index in [1.54, 1.807) is 14.2 Å². The van der Waals surface area contributed by atoms with Crippen LogP contribution in [0, 0.1) is 0 Å². The number of benzene rings is 2. The van der Waals surface area contributed by atoms with Gasteiger partial charge in [-0.25, -0.2) is 0 Å². The summed E-state index contributed by atoms with van der Waals surface area (Å²) >= 11 is 0. The monoisotopic (exact) mass is 282 g/mol. The molecular formula is C16H14N2O3. The van der Waals surface area contributed by atoms with Gasteiger partial charge in [-0.3, -0.25) is 0 Å². The van der Waals surface area contributed by atoms with Crippen LogP contribution in [-0.2, 0) is 0 Å². The fraction of sp³-hybridized carbons (Fsp3) is 0.125. The molecule has 0 amide bonds. The van der Waals surface area contributed by atoms with Gasteiger partial charge in [0.2, 0.25) is 11.8 Å². The number of ether oxygens (including phenoxy) is 2. The van der Waals surface area contributed by atoms with Crippen molar-refractivity contribution in [2.24, 2.45) is 0 Å². The average Bonchev–Trinajstić information content (AvgIpc) is 3.05. The van der Waals surface area contributed by atoms with Crippen molar-refractivity contribution in [1.29, 1.82) is 0 Å². The summed E-state index contributed by atoms with van der Waals surface area (Å²) in [5.41, 5.74) is 1.63. The van der Waals surface area contributed by atoms with Crippen molar-refractivity contribution in [3.05, 3.63) is 48.5 Å².